The molecule has 0 bridgehead atoms. The maximum atomic E-state index is 13.0. The van der Waals surface area contributed by atoms with Gasteiger partial charge in [-0.25, -0.2) is 4.39 Å². The lowest BCUT2D eigenvalue weighted by atomic mass is 10.0. The van der Waals surface area contributed by atoms with Crippen LogP contribution in [0.4, 0.5) is 4.39 Å². The van der Waals surface area contributed by atoms with Crippen LogP contribution in [0.25, 0.3) is 0 Å². The third-order valence-corrected chi connectivity index (χ3v) is 4.03. The molecule has 132 valence electrons. The van der Waals surface area contributed by atoms with Crippen LogP contribution in [0.2, 0.25) is 5.02 Å². The number of hydrogen-bond acceptors (Lipinski definition) is 3. The summed E-state index contributed by atoms with van der Waals surface area (Å²) in [6.07, 6.45) is 1.95. The fraction of sp³-hybridized carbons (Fsp3) is 0.533. The van der Waals surface area contributed by atoms with E-state index in [2.05, 4.69) is 10.2 Å². The number of rotatable bonds is 4. The largest absolute Gasteiger partial charge is 0.351 e. The highest BCUT2D eigenvalue weighted by molar-refractivity contribution is 6.31. The number of halogens is 4. The van der Waals surface area contributed by atoms with Crippen LogP contribution < -0.4 is 11.1 Å². The van der Waals surface area contributed by atoms with E-state index in [0.29, 0.717) is 11.6 Å². The number of benzene rings is 1. The molecule has 1 aliphatic rings. The summed E-state index contributed by atoms with van der Waals surface area (Å²) >= 11 is 6.06. The summed E-state index contributed by atoms with van der Waals surface area (Å²) in [5, 5.41) is 3.40. The second-order valence-electron chi connectivity index (χ2n) is 5.61. The van der Waals surface area contributed by atoms with Gasteiger partial charge in [-0.1, -0.05) is 17.7 Å². The highest BCUT2D eigenvalue weighted by Crippen LogP contribution is 2.21. The summed E-state index contributed by atoms with van der Waals surface area (Å²) < 4.78 is 13.0. The van der Waals surface area contributed by atoms with Gasteiger partial charge < -0.3 is 11.1 Å². The van der Waals surface area contributed by atoms with Crippen LogP contribution in [0.15, 0.2) is 18.2 Å². The minimum Gasteiger partial charge on any atom is -0.351 e. The minimum absolute atomic E-state index is 0. The first-order valence-electron chi connectivity index (χ1n) is 7.18. The monoisotopic (exact) mass is 385 g/mol. The molecule has 8 heteroatoms. The first-order chi connectivity index (χ1) is 9.95. The van der Waals surface area contributed by atoms with Gasteiger partial charge in [0, 0.05) is 24.2 Å². The molecule has 1 fully saturated rings. The Balaban J connectivity index is 0.00000242. The minimum atomic E-state index is -0.494. The smallest absolute Gasteiger partial charge is 0.236 e. The molecule has 1 heterocycles. The van der Waals surface area contributed by atoms with E-state index in [0.717, 1.165) is 31.5 Å². The molecule has 0 spiro atoms. The highest BCUT2D eigenvalue weighted by atomic mass is 35.5. The van der Waals surface area contributed by atoms with E-state index in [1.807, 2.05) is 0 Å². The Bertz CT molecular complexity index is 517. The maximum Gasteiger partial charge on any atom is 0.236 e. The quantitative estimate of drug-likeness (QED) is 0.836. The van der Waals surface area contributed by atoms with Gasteiger partial charge in [-0.3, -0.25) is 9.69 Å². The fourth-order valence-electron chi connectivity index (χ4n) is 2.54. The van der Waals surface area contributed by atoms with Crippen molar-refractivity contribution in [2.75, 3.05) is 13.1 Å². The Hall–Kier alpha value is -0.590. The van der Waals surface area contributed by atoms with E-state index in [-0.39, 0.29) is 42.6 Å². The number of carbonyl (C=O) groups is 1. The molecular formula is C15H23Cl3FN3O. The van der Waals surface area contributed by atoms with Crippen LogP contribution in [-0.2, 0) is 11.3 Å². The molecule has 3 N–H and O–H groups in total. The van der Waals surface area contributed by atoms with Gasteiger partial charge in [0.1, 0.15) is 5.82 Å². The second kappa shape index (κ2) is 10.3. The van der Waals surface area contributed by atoms with Crippen molar-refractivity contribution in [1.29, 1.82) is 0 Å². The van der Waals surface area contributed by atoms with Crippen molar-refractivity contribution < 1.29 is 9.18 Å². The first kappa shape index (κ1) is 22.4. The van der Waals surface area contributed by atoms with E-state index in [1.54, 1.807) is 13.0 Å². The van der Waals surface area contributed by atoms with E-state index >= 15 is 0 Å². The first-order valence-corrected chi connectivity index (χ1v) is 7.55. The lowest BCUT2D eigenvalue weighted by molar-refractivity contribution is -0.123. The van der Waals surface area contributed by atoms with Crippen molar-refractivity contribution in [3.05, 3.63) is 34.6 Å². The SMILES string of the molecule is C[C@@H](N)C(=O)NC1CCCN(Cc2ccc(F)cc2Cl)C1.Cl.Cl. The van der Waals surface area contributed by atoms with Crippen molar-refractivity contribution in [2.24, 2.45) is 5.73 Å². The molecule has 1 unspecified atom stereocenters. The Morgan fingerprint density at radius 2 is 2.22 bits per heavy atom. The predicted molar refractivity (Wildman–Crippen MR) is 96.0 cm³/mol. The number of carbonyl (C=O) groups excluding carboxylic acids is 1. The Morgan fingerprint density at radius 1 is 1.52 bits per heavy atom. The van der Waals surface area contributed by atoms with Crippen LogP contribution in [0.5, 0.6) is 0 Å². The van der Waals surface area contributed by atoms with Crippen molar-refractivity contribution in [2.45, 2.75) is 38.4 Å². The van der Waals surface area contributed by atoms with Crippen LogP contribution in [0.3, 0.4) is 0 Å². The molecule has 4 nitrogen and oxygen atoms in total. The maximum absolute atomic E-state index is 13.0. The van der Waals surface area contributed by atoms with E-state index in [4.69, 9.17) is 17.3 Å². The van der Waals surface area contributed by atoms with E-state index < -0.39 is 6.04 Å². The molecule has 1 aromatic rings. The average Bonchev–Trinajstić information content (AvgIpc) is 2.42. The van der Waals surface area contributed by atoms with Crippen molar-refractivity contribution >= 4 is 42.3 Å². The molecule has 1 aromatic carbocycles. The predicted octanol–water partition coefficient (Wildman–Crippen LogP) is 2.75. The second-order valence-corrected chi connectivity index (χ2v) is 6.01. The zero-order chi connectivity index (χ0) is 15.4. The zero-order valence-electron chi connectivity index (χ0n) is 12.9. The number of nitrogens with one attached hydrogen (secondary N) is 1. The summed E-state index contributed by atoms with van der Waals surface area (Å²) in [5.74, 6) is -0.453. The molecule has 23 heavy (non-hydrogen) atoms. The lowest BCUT2D eigenvalue weighted by Gasteiger charge is -2.33. The topological polar surface area (TPSA) is 58.4 Å². The number of amides is 1. The highest BCUT2D eigenvalue weighted by Gasteiger charge is 2.22. The Labute approximate surface area is 153 Å². The van der Waals surface area contributed by atoms with Gasteiger partial charge >= 0.3 is 0 Å². The number of nitrogens with zero attached hydrogens (tertiary/aromatic N) is 1. The van der Waals surface area contributed by atoms with Crippen molar-refractivity contribution in [3.8, 4) is 0 Å². The van der Waals surface area contributed by atoms with Gasteiger partial charge in [-0.2, -0.15) is 0 Å². The number of hydrogen-bond donors (Lipinski definition) is 2. The lowest BCUT2D eigenvalue weighted by Crippen LogP contribution is -2.51. The van der Waals surface area contributed by atoms with Gasteiger partial charge in [-0.05, 0) is 44.0 Å². The molecule has 2 rings (SSSR count). The zero-order valence-corrected chi connectivity index (χ0v) is 15.3. The van der Waals surface area contributed by atoms with Crippen LogP contribution >= 0.6 is 36.4 Å². The molecule has 0 aliphatic carbocycles. The van der Waals surface area contributed by atoms with Crippen molar-refractivity contribution in [3.63, 3.8) is 0 Å². The third-order valence-electron chi connectivity index (χ3n) is 3.67. The average molecular weight is 387 g/mol. The normalized spacial score (nSPS) is 19.2. The Morgan fingerprint density at radius 3 is 2.83 bits per heavy atom. The molecule has 0 saturated carbocycles. The molecule has 2 atom stereocenters. The van der Waals surface area contributed by atoms with E-state index in [9.17, 15) is 9.18 Å². The van der Waals surface area contributed by atoms with Crippen LogP contribution in [0.1, 0.15) is 25.3 Å². The molecule has 1 saturated heterocycles. The summed E-state index contributed by atoms with van der Waals surface area (Å²) in [6, 6.07) is 4.07. The molecule has 1 amide bonds. The number of nitrogens with two attached hydrogens (primary N) is 1. The number of piperidine rings is 1. The van der Waals surface area contributed by atoms with Gasteiger partial charge in [0.15, 0.2) is 0 Å². The van der Waals surface area contributed by atoms with Crippen molar-refractivity contribution in [1.82, 2.24) is 10.2 Å². The summed E-state index contributed by atoms with van der Waals surface area (Å²) in [5.41, 5.74) is 6.47. The summed E-state index contributed by atoms with van der Waals surface area (Å²) in [4.78, 5) is 13.9. The van der Waals surface area contributed by atoms with Crippen LogP contribution in [0, 0.1) is 5.82 Å². The van der Waals surface area contributed by atoms with E-state index in [1.165, 1.54) is 12.1 Å². The van der Waals surface area contributed by atoms with Gasteiger partial charge in [-0.15, -0.1) is 24.8 Å². The molecular weight excluding hydrogens is 364 g/mol. The fourth-order valence-corrected chi connectivity index (χ4v) is 2.77. The van der Waals surface area contributed by atoms with Gasteiger partial charge in [0.05, 0.1) is 6.04 Å². The van der Waals surface area contributed by atoms with Gasteiger partial charge in [0.25, 0.3) is 0 Å². The molecule has 1 aliphatic heterocycles. The number of likely N-dealkylation sites (tertiary alicyclic amines) is 1. The molecule has 0 aromatic heterocycles. The Kier molecular flexibility index (Phi) is 10.0. The van der Waals surface area contributed by atoms with Crippen LogP contribution in [-0.4, -0.2) is 36.0 Å². The summed E-state index contributed by atoms with van der Waals surface area (Å²) in [6.45, 7) is 4.03. The summed E-state index contributed by atoms with van der Waals surface area (Å²) in [7, 11) is 0. The third kappa shape index (κ3) is 6.81. The van der Waals surface area contributed by atoms with Gasteiger partial charge in [0.2, 0.25) is 5.91 Å². The standard InChI is InChI=1S/C15H21ClFN3O.2ClH/c1-10(18)15(21)19-13-3-2-6-20(9-13)8-11-4-5-12(17)7-14(11)16;;/h4-5,7,10,13H,2-3,6,8-9,18H2,1H3,(H,19,21);2*1H/t10-,13?;;/m1../s1. The molecule has 0 radical (unpaired) electrons.